The van der Waals surface area contributed by atoms with E-state index in [1.54, 1.807) is 29.2 Å². The van der Waals surface area contributed by atoms with Crippen molar-refractivity contribution in [3.63, 3.8) is 0 Å². The third-order valence-corrected chi connectivity index (χ3v) is 4.06. The Kier molecular flexibility index (Phi) is 5.54. The highest BCUT2D eigenvalue weighted by Gasteiger charge is 2.34. The zero-order valence-electron chi connectivity index (χ0n) is 14.5. The van der Waals surface area contributed by atoms with Crippen LogP contribution in [0.3, 0.4) is 0 Å². The number of rotatable bonds is 7. The fourth-order valence-electron chi connectivity index (χ4n) is 2.87. The monoisotopic (exact) mass is 328 g/mol. The van der Waals surface area contributed by atoms with E-state index in [9.17, 15) is 14.4 Å². The number of carbonyl (C=O) groups excluding carboxylic acids is 3. The molecule has 1 heterocycles. The second-order valence-corrected chi connectivity index (χ2v) is 6.48. The predicted molar refractivity (Wildman–Crippen MR) is 92.7 cm³/mol. The van der Waals surface area contributed by atoms with Gasteiger partial charge in [-0.1, -0.05) is 24.3 Å². The number of fused-ring (bicyclic) bond motifs is 1. The molecule has 0 radical (unpaired) electrons. The SMILES string of the molecule is C=C(C)CC(=O)N(CCCN1C(=O)c2ccccc2C1=O)C(C)C. The van der Waals surface area contributed by atoms with Crippen LogP contribution in [0.2, 0.25) is 0 Å². The molecule has 5 nitrogen and oxygen atoms in total. The van der Waals surface area contributed by atoms with Crippen molar-refractivity contribution in [2.45, 2.75) is 39.7 Å². The van der Waals surface area contributed by atoms with E-state index in [1.807, 2.05) is 20.8 Å². The van der Waals surface area contributed by atoms with Crippen molar-refractivity contribution < 1.29 is 14.4 Å². The largest absolute Gasteiger partial charge is 0.340 e. The zero-order valence-corrected chi connectivity index (χ0v) is 14.5. The van der Waals surface area contributed by atoms with Gasteiger partial charge in [-0.15, -0.1) is 0 Å². The first-order valence-electron chi connectivity index (χ1n) is 8.22. The van der Waals surface area contributed by atoms with E-state index >= 15 is 0 Å². The van der Waals surface area contributed by atoms with E-state index in [0.29, 0.717) is 37.1 Å². The van der Waals surface area contributed by atoms with Crippen molar-refractivity contribution in [1.82, 2.24) is 9.80 Å². The first-order valence-corrected chi connectivity index (χ1v) is 8.22. The van der Waals surface area contributed by atoms with Crippen LogP contribution >= 0.6 is 0 Å². The molecule has 2 rings (SSSR count). The molecular weight excluding hydrogens is 304 g/mol. The smallest absolute Gasteiger partial charge is 0.261 e. The highest BCUT2D eigenvalue weighted by atomic mass is 16.2. The quantitative estimate of drug-likeness (QED) is 0.571. The Bertz CT molecular complexity index is 644. The molecule has 128 valence electrons. The number of benzene rings is 1. The molecule has 0 N–H and O–H groups in total. The third-order valence-electron chi connectivity index (χ3n) is 4.06. The average molecular weight is 328 g/mol. The second-order valence-electron chi connectivity index (χ2n) is 6.48. The van der Waals surface area contributed by atoms with Crippen LogP contribution in [0.5, 0.6) is 0 Å². The molecule has 5 heteroatoms. The van der Waals surface area contributed by atoms with Crippen LogP contribution in [0, 0.1) is 0 Å². The molecule has 1 aliphatic heterocycles. The fraction of sp³-hybridized carbons (Fsp3) is 0.421. The highest BCUT2D eigenvalue weighted by Crippen LogP contribution is 2.22. The van der Waals surface area contributed by atoms with E-state index in [-0.39, 0.29) is 23.8 Å². The maximum absolute atomic E-state index is 12.3. The third kappa shape index (κ3) is 3.72. The van der Waals surface area contributed by atoms with Crippen LogP contribution < -0.4 is 0 Å². The van der Waals surface area contributed by atoms with Gasteiger partial charge in [0.1, 0.15) is 0 Å². The topological polar surface area (TPSA) is 57.7 Å². The Labute approximate surface area is 142 Å². The van der Waals surface area contributed by atoms with Gasteiger partial charge in [-0.2, -0.15) is 0 Å². The fourth-order valence-corrected chi connectivity index (χ4v) is 2.87. The number of imide groups is 1. The first kappa shape index (κ1) is 17.9. The average Bonchev–Trinajstić information content (AvgIpc) is 2.75. The highest BCUT2D eigenvalue weighted by molar-refractivity contribution is 6.21. The van der Waals surface area contributed by atoms with Crippen LogP contribution in [0.1, 0.15) is 54.3 Å². The Morgan fingerprint density at radius 3 is 2.17 bits per heavy atom. The van der Waals surface area contributed by atoms with E-state index < -0.39 is 0 Å². The molecule has 0 saturated heterocycles. The maximum atomic E-state index is 12.3. The summed E-state index contributed by atoms with van der Waals surface area (Å²) in [7, 11) is 0. The van der Waals surface area contributed by atoms with E-state index in [2.05, 4.69) is 6.58 Å². The second kappa shape index (κ2) is 7.43. The molecule has 0 spiro atoms. The molecule has 0 atom stereocenters. The van der Waals surface area contributed by atoms with Gasteiger partial charge in [-0.3, -0.25) is 19.3 Å². The van der Waals surface area contributed by atoms with Crippen molar-refractivity contribution in [1.29, 1.82) is 0 Å². The Balaban J connectivity index is 1.96. The number of amides is 3. The molecule has 3 amide bonds. The van der Waals surface area contributed by atoms with Crippen molar-refractivity contribution >= 4 is 17.7 Å². The molecule has 0 unspecified atom stereocenters. The summed E-state index contributed by atoms with van der Waals surface area (Å²) < 4.78 is 0. The molecule has 1 aromatic rings. The number of nitrogens with zero attached hydrogens (tertiary/aromatic N) is 2. The molecular formula is C19H24N2O3. The number of hydrogen-bond donors (Lipinski definition) is 0. The Hall–Kier alpha value is -2.43. The van der Waals surface area contributed by atoms with E-state index in [1.165, 1.54) is 4.90 Å². The standard InChI is InChI=1S/C19H24N2O3/c1-13(2)12-17(22)20(14(3)4)10-7-11-21-18(23)15-8-5-6-9-16(15)19(21)24/h5-6,8-9,14H,1,7,10-12H2,2-4H3. The summed E-state index contributed by atoms with van der Waals surface area (Å²) in [4.78, 5) is 39.9. The Morgan fingerprint density at radius 1 is 1.17 bits per heavy atom. The summed E-state index contributed by atoms with van der Waals surface area (Å²) in [6.45, 7) is 10.3. The predicted octanol–water partition coefficient (Wildman–Crippen LogP) is 2.88. The summed E-state index contributed by atoms with van der Waals surface area (Å²) >= 11 is 0. The lowest BCUT2D eigenvalue weighted by Crippen LogP contribution is -2.40. The van der Waals surface area contributed by atoms with Gasteiger partial charge in [0, 0.05) is 25.6 Å². The van der Waals surface area contributed by atoms with Crippen LogP contribution in [-0.2, 0) is 4.79 Å². The summed E-state index contributed by atoms with van der Waals surface area (Å²) in [6.07, 6.45) is 0.886. The van der Waals surface area contributed by atoms with Crippen LogP contribution in [0.15, 0.2) is 36.4 Å². The molecule has 0 saturated carbocycles. The van der Waals surface area contributed by atoms with Crippen LogP contribution in [0.4, 0.5) is 0 Å². The zero-order chi connectivity index (χ0) is 17.9. The van der Waals surface area contributed by atoms with Crippen LogP contribution in [0.25, 0.3) is 0 Å². The number of hydrogen-bond acceptors (Lipinski definition) is 3. The van der Waals surface area contributed by atoms with Crippen molar-refractivity contribution in [2.75, 3.05) is 13.1 Å². The minimum atomic E-state index is -0.250. The van der Waals surface area contributed by atoms with E-state index in [4.69, 9.17) is 0 Å². The molecule has 24 heavy (non-hydrogen) atoms. The Morgan fingerprint density at radius 2 is 1.71 bits per heavy atom. The summed E-state index contributed by atoms with van der Waals surface area (Å²) in [5.74, 6) is -0.472. The van der Waals surface area contributed by atoms with Crippen molar-refractivity contribution in [3.8, 4) is 0 Å². The maximum Gasteiger partial charge on any atom is 0.261 e. The van der Waals surface area contributed by atoms with Gasteiger partial charge < -0.3 is 4.90 Å². The molecule has 1 aliphatic rings. The van der Waals surface area contributed by atoms with Crippen molar-refractivity contribution in [3.05, 3.63) is 47.5 Å². The van der Waals surface area contributed by atoms with Gasteiger partial charge in [0.15, 0.2) is 0 Å². The summed E-state index contributed by atoms with van der Waals surface area (Å²) in [6, 6.07) is 6.92. The lowest BCUT2D eigenvalue weighted by Gasteiger charge is -2.27. The minimum absolute atomic E-state index is 0.0276. The molecule has 0 aliphatic carbocycles. The lowest BCUT2D eigenvalue weighted by molar-refractivity contribution is -0.132. The van der Waals surface area contributed by atoms with Gasteiger partial charge in [0.25, 0.3) is 11.8 Å². The molecule has 0 bridgehead atoms. The van der Waals surface area contributed by atoms with Gasteiger partial charge in [0.05, 0.1) is 11.1 Å². The first-order chi connectivity index (χ1) is 11.3. The molecule has 0 fully saturated rings. The van der Waals surface area contributed by atoms with Crippen LogP contribution in [-0.4, -0.2) is 46.7 Å². The van der Waals surface area contributed by atoms with Gasteiger partial charge >= 0.3 is 0 Å². The summed E-state index contributed by atoms with van der Waals surface area (Å²) in [5, 5.41) is 0. The van der Waals surface area contributed by atoms with Gasteiger partial charge in [-0.05, 0) is 39.3 Å². The lowest BCUT2D eigenvalue weighted by atomic mass is 10.1. The number of carbonyl (C=O) groups is 3. The van der Waals surface area contributed by atoms with E-state index in [0.717, 1.165) is 5.57 Å². The molecule has 1 aromatic carbocycles. The van der Waals surface area contributed by atoms with Crippen molar-refractivity contribution in [2.24, 2.45) is 0 Å². The van der Waals surface area contributed by atoms with Gasteiger partial charge in [-0.25, -0.2) is 0 Å². The van der Waals surface area contributed by atoms with Gasteiger partial charge in [0.2, 0.25) is 5.91 Å². The normalized spacial score (nSPS) is 13.4. The minimum Gasteiger partial charge on any atom is -0.340 e. The molecule has 0 aromatic heterocycles. The summed E-state index contributed by atoms with van der Waals surface area (Å²) in [5.41, 5.74) is 1.74.